The van der Waals surface area contributed by atoms with Crippen molar-refractivity contribution in [3.63, 3.8) is 0 Å². The molecule has 0 atom stereocenters. The highest BCUT2D eigenvalue weighted by Crippen LogP contribution is 2.28. The van der Waals surface area contributed by atoms with Crippen molar-refractivity contribution in [3.05, 3.63) is 52.6 Å². The molecule has 7 heteroatoms. The molecule has 2 aromatic carbocycles. The molecule has 1 heterocycles. The molecule has 0 saturated carbocycles. The summed E-state index contributed by atoms with van der Waals surface area (Å²) in [5.41, 5.74) is 1.57. The Morgan fingerprint density at radius 3 is 2.74 bits per heavy atom. The fourth-order valence-corrected chi connectivity index (χ4v) is 1.85. The first-order chi connectivity index (χ1) is 9.16. The zero-order chi connectivity index (χ0) is 13.4. The van der Waals surface area contributed by atoms with Crippen molar-refractivity contribution in [2.45, 2.75) is 0 Å². The minimum Gasteiger partial charge on any atom is -0.505 e. The summed E-state index contributed by atoms with van der Waals surface area (Å²) in [5, 5.41) is 28.4. The van der Waals surface area contributed by atoms with Crippen molar-refractivity contribution < 1.29 is 10.0 Å². The van der Waals surface area contributed by atoms with Crippen LogP contribution in [0.2, 0.25) is 0 Å². The van der Waals surface area contributed by atoms with Gasteiger partial charge >= 0.3 is 0 Å². The lowest BCUT2D eigenvalue weighted by molar-refractivity contribution is -0.384. The third kappa shape index (κ3) is 1.77. The van der Waals surface area contributed by atoms with Gasteiger partial charge < -0.3 is 5.11 Å². The standard InChI is InChI=1S/C12H8N4O3/c17-12-7-8(16(18)19)5-6-11(12)15-10-4-2-1-3-9(10)13-14-15/h1-7,17H. The summed E-state index contributed by atoms with van der Waals surface area (Å²) in [5.74, 6) is -0.218. The molecule has 7 nitrogen and oxygen atoms in total. The first kappa shape index (κ1) is 11.1. The van der Waals surface area contributed by atoms with Gasteiger partial charge in [-0.15, -0.1) is 5.10 Å². The normalized spacial score (nSPS) is 10.7. The van der Waals surface area contributed by atoms with E-state index in [1.165, 1.54) is 16.8 Å². The largest absolute Gasteiger partial charge is 0.505 e. The van der Waals surface area contributed by atoms with Crippen molar-refractivity contribution in [2.24, 2.45) is 0 Å². The van der Waals surface area contributed by atoms with Crippen molar-refractivity contribution in [3.8, 4) is 11.4 Å². The molecule has 0 saturated heterocycles. The molecule has 3 aromatic rings. The van der Waals surface area contributed by atoms with E-state index in [2.05, 4.69) is 10.3 Å². The van der Waals surface area contributed by atoms with E-state index in [-0.39, 0.29) is 11.4 Å². The number of nitro benzene ring substituents is 1. The summed E-state index contributed by atoms with van der Waals surface area (Å²) in [6, 6.07) is 11.1. The van der Waals surface area contributed by atoms with Gasteiger partial charge in [0.2, 0.25) is 0 Å². The van der Waals surface area contributed by atoms with Crippen LogP contribution in [0.25, 0.3) is 16.7 Å². The zero-order valence-corrected chi connectivity index (χ0v) is 9.59. The molecule has 0 bridgehead atoms. The van der Waals surface area contributed by atoms with Gasteiger partial charge in [-0.3, -0.25) is 10.1 Å². The Balaban J connectivity index is 2.19. The van der Waals surface area contributed by atoms with Crippen LogP contribution in [0.5, 0.6) is 5.75 Å². The van der Waals surface area contributed by atoms with Gasteiger partial charge in [0.15, 0.2) is 0 Å². The Morgan fingerprint density at radius 2 is 2.00 bits per heavy atom. The first-order valence-electron chi connectivity index (χ1n) is 5.45. The monoisotopic (exact) mass is 256 g/mol. The molecule has 0 fully saturated rings. The highest BCUT2D eigenvalue weighted by molar-refractivity contribution is 5.76. The van der Waals surface area contributed by atoms with Crippen LogP contribution in [0.4, 0.5) is 5.69 Å². The third-order valence-electron chi connectivity index (χ3n) is 2.75. The summed E-state index contributed by atoms with van der Waals surface area (Å²) in [6.07, 6.45) is 0. The highest BCUT2D eigenvalue weighted by Gasteiger charge is 2.14. The molecular weight excluding hydrogens is 248 g/mol. The predicted octanol–water partition coefficient (Wildman–Crippen LogP) is 2.03. The van der Waals surface area contributed by atoms with E-state index in [9.17, 15) is 15.2 Å². The number of nitro groups is 1. The van der Waals surface area contributed by atoms with Crippen molar-refractivity contribution in [1.82, 2.24) is 15.0 Å². The number of hydrogen-bond donors (Lipinski definition) is 1. The minimum atomic E-state index is -0.567. The van der Waals surface area contributed by atoms with Crippen LogP contribution >= 0.6 is 0 Å². The van der Waals surface area contributed by atoms with Crippen LogP contribution in [-0.2, 0) is 0 Å². The number of phenols is 1. The number of para-hydroxylation sites is 1. The Kier molecular flexibility index (Phi) is 2.38. The van der Waals surface area contributed by atoms with Gasteiger partial charge in [0.25, 0.3) is 5.69 Å². The molecular formula is C12H8N4O3. The van der Waals surface area contributed by atoms with Crippen molar-refractivity contribution >= 4 is 16.7 Å². The molecule has 1 aromatic heterocycles. The number of rotatable bonds is 2. The van der Waals surface area contributed by atoms with Gasteiger partial charge in [-0.1, -0.05) is 17.3 Å². The van der Waals surface area contributed by atoms with Gasteiger partial charge in [-0.2, -0.15) is 0 Å². The number of aromatic nitrogens is 3. The van der Waals surface area contributed by atoms with E-state index in [1.807, 2.05) is 12.1 Å². The van der Waals surface area contributed by atoms with E-state index in [1.54, 1.807) is 12.1 Å². The van der Waals surface area contributed by atoms with Crippen molar-refractivity contribution in [1.29, 1.82) is 0 Å². The van der Waals surface area contributed by atoms with E-state index in [0.29, 0.717) is 16.7 Å². The van der Waals surface area contributed by atoms with Crippen LogP contribution in [0.15, 0.2) is 42.5 Å². The Labute approximate surface area is 106 Å². The van der Waals surface area contributed by atoms with Crippen LogP contribution in [0.1, 0.15) is 0 Å². The van der Waals surface area contributed by atoms with Crippen LogP contribution in [0.3, 0.4) is 0 Å². The SMILES string of the molecule is O=[N+]([O-])c1ccc(-n2nnc3ccccc32)c(O)c1. The molecule has 0 aliphatic carbocycles. The number of nitrogens with zero attached hydrogens (tertiary/aromatic N) is 4. The maximum atomic E-state index is 10.6. The van der Waals surface area contributed by atoms with E-state index in [4.69, 9.17) is 0 Å². The Morgan fingerprint density at radius 1 is 1.21 bits per heavy atom. The summed E-state index contributed by atoms with van der Waals surface area (Å²) in [4.78, 5) is 10.1. The molecule has 0 spiro atoms. The van der Waals surface area contributed by atoms with E-state index in [0.717, 1.165) is 6.07 Å². The second kappa shape index (κ2) is 4.05. The first-order valence-corrected chi connectivity index (χ1v) is 5.45. The van der Waals surface area contributed by atoms with E-state index < -0.39 is 4.92 Å². The predicted molar refractivity (Wildman–Crippen MR) is 67.2 cm³/mol. The average Bonchev–Trinajstić information content (AvgIpc) is 2.82. The lowest BCUT2D eigenvalue weighted by atomic mass is 10.2. The molecule has 0 aliphatic heterocycles. The summed E-state index contributed by atoms with van der Waals surface area (Å²) in [6.45, 7) is 0. The van der Waals surface area contributed by atoms with Gasteiger partial charge in [0.05, 0.1) is 16.5 Å². The summed E-state index contributed by atoms with van der Waals surface area (Å²) >= 11 is 0. The fraction of sp³-hybridized carbons (Fsp3) is 0. The number of hydrogen-bond acceptors (Lipinski definition) is 5. The summed E-state index contributed by atoms with van der Waals surface area (Å²) in [7, 11) is 0. The van der Waals surface area contributed by atoms with Gasteiger partial charge in [0, 0.05) is 6.07 Å². The Bertz CT molecular complexity index is 781. The quantitative estimate of drug-likeness (QED) is 0.559. The third-order valence-corrected chi connectivity index (χ3v) is 2.75. The second-order valence-electron chi connectivity index (χ2n) is 3.92. The molecule has 0 radical (unpaired) electrons. The highest BCUT2D eigenvalue weighted by atomic mass is 16.6. The Hall–Kier alpha value is -2.96. The van der Waals surface area contributed by atoms with Crippen LogP contribution in [0, 0.1) is 10.1 Å². The molecule has 0 amide bonds. The maximum absolute atomic E-state index is 10.6. The van der Waals surface area contributed by atoms with Crippen molar-refractivity contribution in [2.75, 3.05) is 0 Å². The molecule has 19 heavy (non-hydrogen) atoms. The number of non-ortho nitro benzene ring substituents is 1. The molecule has 1 N–H and O–H groups in total. The minimum absolute atomic E-state index is 0.175. The number of aromatic hydroxyl groups is 1. The van der Waals surface area contributed by atoms with Crippen LogP contribution < -0.4 is 0 Å². The van der Waals surface area contributed by atoms with Gasteiger partial charge in [0.1, 0.15) is 17.0 Å². The number of benzene rings is 2. The lowest BCUT2D eigenvalue weighted by Gasteiger charge is -2.04. The van der Waals surface area contributed by atoms with Gasteiger partial charge in [-0.05, 0) is 18.2 Å². The fourth-order valence-electron chi connectivity index (χ4n) is 1.85. The van der Waals surface area contributed by atoms with E-state index >= 15 is 0 Å². The van der Waals surface area contributed by atoms with Gasteiger partial charge in [-0.25, -0.2) is 4.68 Å². The topological polar surface area (TPSA) is 94.1 Å². The van der Waals surface area contributed by atoms with Crippen LogP contribution in [-0.4, -0.2) is 25.0 Å². The number of phenolic OH excluding ortho intramolecular Hbond substituents is 1. The zero-order valence-electron chi connectivity index (χ0n) is 9.59. The molecule has 0 aliphatic rings. The number of fused-ring (bicyclic) bond motifs is 1. The average molecular weight is 256 g/mol. The smallest absolute Gasteiger partial charge is 0.273 e. The maximum Gasteiger partial charge on any atom is 0.273 e. The molecule has 94 valence electrons. The second-order valence-corrected chi connectivity index (χ2v) is 3.92. The lowest BCUT2D eigenvalue weighted by Crippen LogP contribution is -1.98. The molecule has 3 rings (SSSR count). The summed E-state index contributed by atoms with van der Waals surface area (Å²) < 4.78 is 1.44. The molecule has 0 unspecified atom stereocenters.